The fraction of sp³-hybridized carbons (Fsp3) is 0.125. The number of carbonyl (C=O) groups excluding carboxylic acids is 1. The van der Waals surface area contributed by atoms with Gasteiger partial charge < -0.3 is 10.3 Å². The zero-order chi connectivity index (χ0) is 20.8. The number of hydrogen-bond acceptors (Lipinski definition) is 5. The Morgan fingerprint density at radius 1 is 0.967 bits per heavy atom. The Bertz CT molecular complexity index is 1120. The lowest BCUT2D eigenvalue weighted by Gasteiger charge is -2.08. The molecule has 0 fully saturated rings. The molecule has 3 N–H and O–H groups in total. The third-order valence-corrected chi connectivity index (χ3v) is 4.89. The van der Waals surface area contributed by atoms with Crippen molar-refractivity contribution in [3.63, 3.8) is 0 Å². The number of nitrogens with one attached hydrogen (secondary N) is 1. The van der Waals surface area contributed by atoms with Crippen molar-refractivity contribution in [3.8, 4) is 22.4 Å². The van der Waals surface area contributed by atoms with Gasteiger partial charge in [-0.2, -0.15) is 0 Å². The monoisotopic (exact) mass is 398 g/mol. The van der Waals surface area contributed by atoms with E-state index in [1.165, 1.54) is 0 Å². The maximum atomic E-state index is 12.6. The van der Waals surface area contributed by atoms with Crippen molar-refractivity contribution < 1.29 is 9.32 Å². The van der Waals surface area contributed by atoms with Crippen LogP contribution in [0.2, 0.25) is 0 Å². The topological polar surface area (TPSA) is 94.0 Å². The van der Waals surface area contributed by atoms with Crippen LogP contribution in [-0.2, 0) is 17.8 Å². The molecule has 4 aromatic rings. The number of aromatic nitrogens is 2. The molecule has 0 saturated heterocycles. The Labute approximate surface area is 174 Å². The summed E-state index contributed by atoms with van der Waals surface area (Å²) in [7, 11) is 0. The number of rotatable bonds is 7. The highest BCUT2D eigenvalue weighted by atomic mass is 16.5. The van der Waals surface area contributed by atoms with Crippen LogP contribution in [-0.4, -0.2) is 16.0 Å². The van der Waals surface area contributed by atoms with Gasteiger partial charge in [-0.05, 0) is 35.2 Å². The summed E-state index contributed by atoms with van der Waals surface area (Å²) in [6.07, 6.45) is 4.38. The summed E-state index contributed by atoms with van der Waals surface area (Å²) >= 11 is 0. The van der Waals surface area contributed by atoms with E-state index in [4.69, 9.17) is 10.3 Å². The highest BCUT2D eigenvalue weighted by Crippen LogP contribution is 2.38. The number of nitrogens with two attached hydrogens (primary N) is 1. The predicted octanol–water partition coefficient (Wildman–Crippen LogP) is 4.43. The van der Waals surface area contributed by atoms with Crippen molar-refractivity contribution in [2.45, 2.75) is 19.4 Å². The molecule has 6 heteroatoms. The minimum absolute atomic E-state index is 0.135. The highest BCUT2D eigenvalue weighted by molar-refractivity contribution is 5.97. The first-order valence-corrected chi connectivity index (χ1v) is 9.78. The number of benzene rings is 2. The van der Waals surface area contributed by atoms with Gasteiger partial charge in [-0.15, -0.1) is 0 Å². The second-order valence-corrected chi connectivity index (χ2v) is 6.87. The molecule has 150 valence electrons. The highest BCUT2D eigenvalue weighted by Gasteiger charge is 2.22. The van der Waals surface area contributed by atoms with E-state index in [1.54, 1.807) is 12.4 Å². The maximum absolute atomic E-state index is 12.6. The molecular formula is C24H22N4O2. The first-order valence-electron chi connectivity index (χ1n) is 9.78. The molecule has 0 aliphatic heterocycles. The number of aryl methyl sites for hydroxylation is 1. The Balaban J connectivity index is 1.65. The normalized spacial score (nSPS) is 10.7. The van der Waals surface area contributed by atoms with Gasteiger partial charge >= 0.3 is 0 Å². The molecule has 4 rings (SSSR count). The molecule has 0 spiro atoms. The van der Waals surface area contributed by atoms with Crippen LogP contribution in [0.1, 0.15) is 17.5 Å². The summed E-state index contributed by atoms with van der Waals surface area (Å²) < 4.78 is 5.58. The third kappa shape index (κ3) is 4.29. The van der Waals surface area contributed by atoms with Gasteiger partial charge in [0.2, 0.25) is 11.8 Å². The summed E-state index contributed by atoms with van der Waals surface area (Å²) in [5.41, 5.74) is 11.1. The summed E-state index contributed by atoms with van der Waals surface area (Å²) in [6, 6.07) is 21.4. The molecule has 0 saturated carbocycles. The van der Waals surface area contributed by atoms with Crippen LogP contribution in [0.3, 0.4) is 0 Å². The smallest absolute Gasteiger partial charge is 0.239 e. The van der Waals surface area contributed by atoms with E-state index in [9.17, 15) is 4.79 Å². The number of nitrogens with zero attached hydrogens (tertiary/aromatic N) is 2. The number of anilines is 1. The van der Waals surface area contributed by atoms with Gasteiger partial charge in [0.15, 0.2) is 0 Å². The largest absolute Gasteiger partial charge is 0.337 e. The first kappa shape index (κ1) is 19.5. The SMILES string of the molecule is NCc1ccccc1-c1noc(NC(=O)CCc2ccccc2)c1-c1ccncc1. The van der Waals surface area contributed by atoms with Crippen molar-refractivity contribution in [1.82, 2.24) is 10.1 Å². The fourth-order valence-corrected chi connectivity index (χ4v) is 3.37. The lowest BCUT2D eigenvalue weighted by Crippen LogP contribution is -2.12. The Morgan fingerprint density at radius 3 is 2.47 bits per heavy atom. The number of hydrogen-bond donors (Lipinski definition) is 2. The molecule has 0 radical (unpaired) electrons. The molecule has 0 aliphatic carbocycles. The van der Waals surface area contributed by atoms with Gasteiger partial charge in [-0.3, -0.25) is 15.1 Å². The van der Waals surface area contributed by atoms with Crippen molar-refractivity contribution in [1.29, 1.82) is 0 Å². The van der Waals surface area contributed by atoms with Crippen molar-refractivity contribution in [3.05, 3.63) is 90.3 Å². The summed E-state index contributed by atoms with van der Waals surface area (Å²) in [4.78, 5) is 16.7. The standard InChI is InChI=1S/C24H22N4O2/c25-16-19-8-4-5-9-20(19)23-22(18-12-14-26-15-13-18)24(30-28-23)27-21(29)11-10-17-6-2-1-3-7-17/h1-9,12-15H,10-11,16,25H2,(H,27,29). The van der Waals surface area contributed by atoms with E-state index in [0.29, 0.717) is 36.5 Å². The summed E-state index contributed by atoms with van der Waals surface area (Å²) in [5.74, 6) is 0.185. The molecule has 2 heterocycles. The van der Waals surface area contributed by atoms with Crippen LogP contribution in [0.4, 0.5) is 5.88 Å². The first-order chi connectivity index (χ1) is 14.8. The van der Waals surface area contributed by atoms with Crippen LogP contribution in [0, 0.1) is 0 Å². The molecule has 2 aromatic carbocycles. The zero-order valence-corrected chi connectivity index (χ0v) is 16.4. The molecule has 2 aromatic heterocycles. The van der Waals surface area contributed by atoms with Crippen LogP contribution in [0.25, 0.3) is 22.4 Å². The van der Waals surface area contributed by atoms with E-state index in [1.807, 2.05) is 66.7 Å². The number of amides is 1. The van der Waals surface area contributed by atoms with Crippen molar-refractivity contribution >= 4 is 11.8 Å². The van der Waals surface area contributed by atoms with Gasteiger partial charge in [0, 0.05) is 30.9 Å². The zero-order valence-electron chi connectivity index (χ0n) is 16.4. The van der Waals surface area contributed by atoms with Gasteiger partial charge in [0.25, 0.3) is 0 Å². The minimum atomic E-state index is -0.135. The fourth-order valence-electron chi connectivity index (χ4n) is 3.37. The van der Waals surface area contributed by atoms with Gasteiger partial charge in [-0.25, -0.2) is 0 Å². The lowest BCUT2D eigenvalue weighted by atomic mass is 9.98. The third-order valence-electron chi connectivity index (χ3n) is 4.89. The molecular weight excluding hydrogens is 376 g/mol. The molecule has 0 atom stereocenters. The van der Waals surface area contributed by atoms with Crippen molar-refractivity contribution in [2.24, 2.45) is 5.73 Å². The molecule has 6 nitrogen and oxygen atoms in total. The van der Waals surface area contributed by atoms with E-state index in [-0.39, 0.29) is 5.91 Å². The predicted molar refractivity (Wildman–Crippen MR) is 116 cm³/mol. The maximum Gasteiger partial charge on any atom is 0.239 e. The minimum Gasteiger partial charge on any atom is -0.337 e. The Morgan fingerprint density at radius 2 is 1.70 bits per heavy atom. The molecule has 1 amide bonds. The van der Waals surface area contributed by atoms with Gasteiger partial charge in [-0.1, -0.05) is 59.8 Å². The quantitative estimate of drug-likeness (QED) is 0.480. The van der Waals surface area contributed by atoms with Crippen LogP contribution in [0.5, 0.6) is 0 Å². The Hall–Kier alpha value is -3.77. The second kappa shape index (κ2) is 9.15. The molecule has 0 bridgehead atoms. The van der Waals surface area contributed by atoms with E-state index in [0.717, 1.165) is 22.3 Å². The molecule has 0 unspecified atom stereocenters. The van der Waals surface area contributed by atoms with E-state index in [2.05, 4.69) is 15.5 Å². The summed E-state index contributed by atoms with van der Waals surface area (Å²) in [5, 5.41) is 7.16. The van der Waals surface area contributed by atoms with Crippen LogP contribution >= 0.6 is 0 Å². The molecule has 30 heavy (non-hydrogen) atoms. The van der Waals surface area contributed by atoms with Crippen LogP contribution in [0.15, 0.2) is 83.6 Å². The van der Waals surface area contributed by atoms with Gasteiger partial charge in [0.05, 0.1) is 5.56 Å². The van der Waals surface area contributed by atoms with Gasteiger partial charge in [0.1, 0.15) is 5.69 Å². The second-order valence-electron chi connectivity index (χ2n) is 6.87. The average Bonchev–Trinajstić information content (AvgIpc) is 3.22. The summed E-state index contributed by atoms with van der Waals surface area (Å²) in [6.45, 7) is 0.373. The number of pyridine rings is 1. The average molecular weight is 398 g/mol. The Kier molecular flexibility index (Phi) is 5.96. The lowest BCUT2D eigenvalue weighted by molar-refractivity contribution is -0.116. The van der Waals surface area contributed by atoms with E-state index < -0.39 is 0 Å². The molecule has 0 aliphatic rings. The van der Waals surface area contributed by atoms with Crippen LogP contribution < -0.4 is 11.1 Å². The van der Waals surface area contributed by atoms with E-state index >= 15 is 0 Å². The van der Waals surface area contributed by atoms with Crippen molar-refractivity contribution in [2.75, 3.05) is 5.32 Å². The number of carbonyl (C=O) groups is 1.